The summed E-state index contributed by atoms with van der Waals surface area (Å²) in [7, 11) is 0. The fraction of sp³-hybridized carbons (Fsp3) is 0.275. The summed E-state index contributed by atoms with van der Waals surface area (Å²) < 4.78 is 23.8. The van der Waals surface area contributed by atoms with Crippen LogP contribution in [0, 0.1) is 13.8 Å². The summed E-state index contributed by atoms with van der Waals surface area (Å²) in [6.45, 7) is 18.1. The lowest BCUT2D eigenvalue weighted by molar-refractivity contribution is -0.193. The van der Waals surface area contributed by atoms with E-state index in [1.807, 2.05) is 108 Å². The first-order valence-corrected chi connectivity index (χ1v) is 32.2. The number of alkyl halides is 2. The average Bonchev–Trinajstić information content (AvgIpc) is 1.60. The van der Waals surface area contributed by atoms with Crippen molar-refractivity contribution >= 4 is 150 Å². The minimum absolute atomic E-state index is 0.0527. The molecule has 0 saturated heterocycles. The Balaban J connectivity index is 0.000000182. The number of amides is 5. The molecule has 2 aliphatic heterocycles. The number of halogens is 2. The van der Waals surface area contributed by atoms with Crippen LogP contribution in [0.1, 0.15) is 112 Å². The third kappa shape index (κ3) is 19.7. The number of aromatic nitrogens is 10. The Morgan fingerprint density at radius 1 is 0.573 bits per heavy atom. The number of imidazole rings is 4. The molecule has 32 nitrogen and oxygen atoms in total. The fourth-order valence-electron chi connectivity index (χ4n) is 10.8. The lowest BCUT2D eigenvalue weighted by Crippen LogP contribution is -2.36. The molecule has 12 heterocycles. The molecule has 103 heavy (non-hydrogen) atoms. The maximum atomic E-state index is 13.4. The highest BCUT2D eigenvalue weighted by Gasteiger charge is 2.39. The maximum absolute atomic E-state index is 13.4. The van der Waals surface area contributed by atoms with Crippen LogP contribution in [0.5, 0.6) is 11.5 Å². The third-order valence-corrected chi connectivity index (χ3v) is 15.5. The number of rotatable bonds is 8. The van der Waals surface area contributed by atoms with Crippen molar-refractivity contribution in [3.63, 3.8) is 0 Å². The zero-order valence-corrected chi connectivity index (χ0v) is 58.7. The van der Waals surface area contributed by atoms with E-state index < -0.39 is 11.7 Å². The molecule has 536 valence electrons. The van der Waals surface area contributed by atoms with E-state index in [9.17, 15) is 34.2 Å². The number of aromatic hydroxyl groups is 2. The number of benzene rings is 2. The number of phenols is 2. The Morgan fingerprint density at radius 2 is 0.971 bits per heavy atom. The number of anilines is 6. The van der Waals surface area contributed by atoms with E-state index in [1.165, 1.54) is 37.8 Å². The first kappa shape index (κ1) is 77.8. The maximum Gasteiger partial charge on any atom is 0.414 e. The van der Waals surface area contributed by atoms with Gasteiger partial charge in [0.25, 0.3) is 5.91 Å². The van der Waals surface area contributed by atoms with Gasteiger partial charge >= 0.3 is 24.5 Å². The van der Waals surface area contributed by atoms with Gasteiger partial charge in [0.15, 0.2) is 34.4 Å². The second-order valence-corrected chi connectivity index (χ2v) is 24.1. The van der Waals surface area contributed by atoms with E-state index in [1.54, 1.807) is 53.9 Å². The van der Waals surface area contributed by atoms with Crippen LogP contribution in [-0.4, -0.2) is 136 Å². The molecule has 10 aromatic heterocycles. The van der Waals surface area contributed by atoms with Crippen LogP contribution in [-0.2, 0) is 60.7 Å². The van der Waals surface area contributed by atoms with Crippen molar-refractivity contribution in [2.45, 2.75) is 99.5 Å². The number of phenolic OH excluding ortho intramolecular Hbond substituents is 2. The number of carbonyl (C=O) groups excluding carboxylic acids is 11. The Bertz CT molecular complexity index is 5160. The standard InChI is InChI=1S/C21H18ClN5O4.C16H19ClN2O4.C11H13N3O.C9H9N3O.C9H11N3.3CO2/c1-10(28)23-13-3-4-17-25-14(9-26(17)8-13)21(30)27-7-12(6-22)18-15(27)5-16(29)20-19(18)24-11(2)31-20;1-8-18-13-12-9(6-17)7-19(15(21)23-16(2,3)4)10(12)5-11(20)14(13)22-8;1-3-9-6-14-7-10(12-8(2)15)4-5-11(14)13-9;1-7(13)11-8-2-3-9-10-4-5-12(9)6-8;1-2-8-6-12-5-7(10)3-4-9(12)11-8;3*2-1-3/h3-5,8-9,12,29H,6-7H2,1-2H3,(H,23,28);5,9,20H,6-7H2,1-4H3;4-7H,3H2,1-2H3,(H,12,15);2-6H,1H3,(H,11,13);3-6H,2,10H2,1H3;;;. The number of nitrogens with two attached hydrogens (primary N) is 1. The molecule has 2 aromatic carbocycles. The van der Waals surface area contributed by atoms with Gasteiger partial charge in [0.1, 0.15) is 44.9 Å². The quantitative estimate of drug-likeness (QED) is 0.0770. The van der Waals surface area contributed by atoms with Gasteiger partial charge in [-0.05, 0) is 82.1 Å². The highest BCUT2D eigenvalue weighted by atomic mass is 35.5. The van der Waals surface area contributed by atoms with Crippen LogP contribution >= 0.6 is 23.2 Å². The van der Waals surface area contributed by atoms with E-state index in [0.29, 0.717) is 75.7 Å². The lowest BCUT2D eigenvalue weighted by atomic mass is 10.0. The van der Waals surface area contributed by atoms with Gasteiger partial charge in [0.05, 0.1) is 39.8 Å². The molecule has 2 unspecified atom stereocenters. The Hall–Kier alpha value is -12.6. The Labute approximate surface area is 595 Å². The third-order valence-electron chi connectivity index (χ3n) is 14.7. The number of nitrogen functional groups attached to an aromatic ring is 1. The van der Waals surface area contributed by atoms with Crippen LogP contribution in [0.3, 0.4) is 0 Å². The fourth-order valence-corrected chi connectivity index (χ4v) is 11.3. The number of oxazole rings is 2. The number of fused-ring (bicyclic) bond motifs is 10. The predicted octanol–water partition coefficient (Wildman–Crippen LogP) is 10.2. The molecule has 0 saturated carbocycles. The normalized spacial score (nSPS) is 12.9. The predicted molar refractivity (Wildman–Crippen MR) is 375 cm³/mol. The summed E-state index contributed by atoms with van der Waals surface area (Å²) in [5, 5.41) is 28.8. The minimum Gasteiger partial charge on any atom is -0.504 e. The Morgan fingerprint density at radius 3 is 1.41 bits per heavy atom. The van der Waals surface area contributed by atoms with Crippen molar-refractivity contribution in [1.29, 1.82) is 0 Å². The smallest absolute Gasteiger partial charge is 0.414 e. The Kier molecular flexibility index (Phi) is 26.4. The van der Waals surface area contributed by atoms with E-state index in [0.717, 1.165) is 69.4 Å². The summed E-state index contributed by atoms with van der Waals surface area (Å²) in [6, 6.07) is 17.7. The van der Waals surface area contributed by atoms with Gasteiger partial charge in [0.2, 0.25) is 17.7 Å². The molecule has 7 N–H and O–H groups in total. The highest BCUT2D eigenvalue weighted by Crippen LogP contribution is 2.47. The summed E-state index contributed by atoms with van der Waals surface area (Å²) in [5.74, 6) is 0.461. The second kappa shape index (κ2) is 34.9. The first-order valence-electron chi connectivity index (χ1n) is 31.2. The van der Waals surface area contributed by atoms with Crippen LogP contribution in [0.4, 0.5) is 38.9 Å². The molecule has 12 aromatic rings. The van der Waals surface area contributed by atoms with E-state index in [-0.39, 0.29) is 77.0 Å². The monoisotopic (exact) mass is 1450 g/mol. The minimum atomic E-state index is -0.604. The number of hydrogen-bond donors (Lipinski definition) is 6. The van der Waals surface area contributed by atoms with Crippen LogP contribution in [0.25, 0.3) is 44.8 Å². The average molecular weight is 1450 g/mol. The van der Waals surface area contributed by atoms with Gasteiger partial charge in [-0.3, -0.25) is 24.1 Å². The molecule has 0 radical (unpaired) electrons. The van der Waals surface area contributed by atoms with Crippen molar-refractivity contribution in [3.05, 3.63) is 156 Å². The van der Waals surface area contributed by atoms with Gasteiger partial charge in [-0.2, -0.15) is 28.8 Å². The van der Waals surface area contributed by atoms with Gasteiger partial charge in [0, 0.05) is 156 Å². The van der Waals surface area contributed by atoms with Gasteiger partial charge in [-0.15, -0.1) is 23.2 Å². The number of hydrogen-bond acceptors (Lipinski definition) is 23. The molecule has 5 amide bonds. The van der Waals surface area contributed by atoms with E-state index in [4.69, 9.17) is 71.3 Å². The summed E-state index contributed by atoms with van der Waals surface area (Å²) >= 11 is 12.3. The molecule has 0 bridgehead atoms. The summed E-state index contributed by atoms with van der Waals surface area (Å²) in [4.78, 5) is 137. The largest absolute Gasteiger partial charge is 0.504 e. The zero-order valence-electron chi connectivity index (χ0n) is 57.2. The van der Waals surface area contributed by atoms with Crippen molar-refractivity contribution < 1.29 is 76.5 Å². The van der Waals surface area contributed by atoms with E-state index >= 15 is 0 Å². The van der Waals surface area contributed by atoms with Gasteiger partial charge < -0.3 is 68.0 Å². The number of nitrogens with zero attached hydrogens (tertiary/aromatic N) is 12. The number of ether oxygens (including phenoxy) is 1. The van der Waals surface area contributed by atoms with Crippen molar-refractivity contribution in [2.24, 2.45) is 0 Å². The van der Waals surface area contributed by atoms with Crippen molar-refractivity contribution in [3.8, 4) is 11.5 Å². The van der Waals surface area contributed by atoms with Crippen LogP contribution in [0.2, 0.25) is 0 Å². The zero-order chi connectivity index (χ0) is 75.6. The molecular weight excluding hydrogens is 1380 g/mol. The second-order valence-electron chi connectivity index (χ2n) is 23.5. The van der Waals surface area contributed by atoms with Gasteiger partial charge in [-0.25, -0.2) is 34.7 Å². The topological polar surface area (TPSA) is 427 Å². The lowest BCUT2D eigenvalue weighted by Gasteiger charge is -2.25. The number of carbonyl (C=O) groups is 5. The molecule has 2 atom stereocenters. The number of pyridine rings is 4. The molecule has 2 aliphatic rings. The molecule has 14 rings (SSSR count). The van der Waals surface area contributed by atoms with Gasteiger partial charge in [-0.1, -0.05) is 13.8 Å². The molecule has 0 aliphatic carbocycles. The number of nitrogens with one attached hydrogen (secondary N) is 3. The molecule has 0 fully saturated rings. The summed E-state index contributed by atoms with van der Waals surface area (Å²) in [5.41, 5.74) is 18.0. The number of aryl methyl sites for hydroxylation is 4. The highest BCUT2D eigenvalue weighted by molar-refractivity contribution is 6.19. The first-order chi connectivity index (χ1) is 49.0. The SMILES string of the molecule is CC(=O)Nc1ccc2nc(C(=O)N3CC(CCl)c4c3cc(O)c3oc(C)nc43)cn2c1.CC(=O)Nc1ccc2nccn2c1.CCc1cn2cc(N)ccc2n1.CCc1cn2cc(NC(C)=O)ccc2n1.Cc1nc2c3c(cc(O)c2o1)N(C(=O)OC(C)(C)C)CC3CCl.O=C=O.O=C=O.O=C=O. The van der Waals surface area contributed by atoms with E-state index in [2.05, 4.69) is 59.7 Å². The van der Waals surface area contributed by atoms with Crippen molar-refractivity contribution in [1.82, 2.24) is 47.5 Å². The molecule has 0 spiro atoms. The molecular formula is C69H70Cl2N16O16. The summed E-state index contributed by atoms with van der Waals surface area (Å²) in [6.07, 6.45) is 18.5. The van der Waals surface area contributed by atoms with Crippen LogP contribution < -0.4 is 31.5 Å². The van der Waals surface area contributed by atoms with Crippen LogP contribution in [0.15, 0.2) is 125 Å². The van der Waals surface area contributed by atoms with Crippen molar-refractivity contribution in [2.75, 3.05) is 56.3 Å². The molecule has 34 heteroatoms.